The van der Waals surface area contributed by atoms with E-state index in [1.807, 2.05) is 101 Å². The molecule has 0 radical (unpaired) electrons. The average Bonchev–Trinajstić information content (AvgIpc) is 3.13. The van der Waals surface area contributed by atoms with Crippen molar-refractivity contribution in [3.63, 3.8) is 0 Å². The van der Waals surface area contributed by atoms with Crippen LogP contribution in [0.5, 0.6) is 0 Å². The fraction of sp³-hybridized carbons (Fsp3) is 0.424. The Balaban J connectivity index is 1.58. The number of carbonyl (C=O) groups excluding carboxylic acids is 1. The molecule has 2 N–H and O–H groups in total. The number of nitrogens with zero attached hydrogens (tertiary/aromatic N) is 2. The van der Waals surface area contributed by atoms with Gasteiger partial charge in [0.25, 0.3) is 0 Å². The molecule has 1 fully saturated rings. The van der Waals surface area contributed by atoms with Gasteiger partial charge in [0.2, 0.25) is 0 Å². The van der Waals surface area contributed by atoms with Gasteiger partial charge in [0.1, 0.15) is 11.3 Å². The summed E-state index contributed by atoms with van der Waals surface area (Å²) < 4.78 is 12.0. The third-order valence-electron chi connectivity index (χ3n) is 7.16. The standard InChI is InChI=1S/C33H41N3O5/c1-22-12-17-27(34-21-22)25-15-13-24(14-16-25)19-28-29(40-33(5,6)36(28)31(38)39)20-26(18-23-10-8-7-9-11-23)35-30(37)41-32(2,3)4/h7-17,21,26,28-29H,18-20H2,1-6H3,(H,35,37)(H,38,39)/t26-,28+,29+/m1/s1. The molecule has 41 heavy (non-hydrogen) atoms. The molecule has 0 unspecified atom stereocenters. The minimum Gasteiger partial charge on any atom is -0.465 e. The third-order valence-corrected chi connectivity index (χ3v) is 7.16. The molecular formula is C33H41N3O5. The molecule has 1 aliphatic heterocycles. The molecule has 4 rings (SSSR count). The molecule has 2 heterocycles. The number of aryl methyl sites for hydroxylation is 1. The second-order valence-corrected chi connectivity index (χ2v) is 12.2. The van der Waals surface area contributed by atoms with Crippen LogP contribution in [0, 0.1) is 6.92 Å². The lowest BCUT2D eigenvalue weighted by Crippen LogP contribution is -2.49. The van der Waals surface area contributed by atoms with Gasteiger partial charge >= 0.3 is 12.2 Å². The normalized spacial score (nSPS) is 19.0. The molecule has 8 heteroatoms. The highest BCUT2D eigenvalue weighted by Crippen LogP contribution is 2.36. The van der Waals surface area contributed by atoms with Gasteiger partial charge in [0.05, 0.1) is 17.8 Å². The number of amides is 2. The fourth-order valence-corrected chi connectivity index (χ4v) is 5.41. The number of rotatable bonds is 8. The highest BCUT2D eigenvalue weighted by atomic mass is 16.6. The first-order valence-corrected chi connectivity index (χ1v) is 14.1. The molecule has 1 aliphatic rings. The number of carboxylic acid groups (broad SMARTS) is 1. The van der Waals surface area contributed by atoms with Crippen LogP contribution >= 0.6 is 0 Å². The highest BCUT2D eigenvalue weighted by Gasteiger charge is 2.50. The fourth-order valence-electron chi connectivity index (χ4n) is 5.41. The van der Waals surface area contributed by atoms with Crippen LogP contribution in [0.1, 0.15) is 57.7 Å². The van der Waals surface area contributed by atoms with Crippen LogP contribution in [0.4, 0.5) is 9.59 Å². The van der Waals surface area contributed by atoms with Gasteiger partial charge in [-0.3, -0.25) is 9.88 Å². The molecule has 218 valence electrons. The molecule has 0 saturated carbocycles. The van der Waals surface area contributed by atoms with Gasteiger partial charge in [0, 0.05) is 17.8 Å². The number of aromatic nitrogens is 1. The molecule has 3 aromatic rings. The summed E-state index contributed by atoms with van der Waals surface area (Å²) in [5.74, 6) is 0. The number of nitrogens with one attached hydrogen (secondary N) is 1. The van der Waals surface area contributed by atoms with E-state index in [1.54, 1.807) is 13.8 Å². The smallest absolute Gasteiger partial charge is 0.409 e. The van der Waals surface area contributed by atoms with Gasteiger partial charge in [-0.25, -0.2) is 9.59 Å². The minimum atomic E-state index is -1.04. The second-order valence-electron chi connectivity index (χ2n) is 12.2. The molecule has 0 spiro atoms. The molecule has 8 nitrogen and oxygen atoms in total. The van der Waals surface area contributed by atoms with E-state index in [0.717, 1.165) is 27.9 Å². The molecule has 2 aromatic carbocycles. The van der Waals surface area contributed by atoms with E-state index in [1.165, 1.54) is 4.90 Å². The monoisotopic (exact) mass is 559 g/mol. The van der Waals surface area contributed by atoms with Crippen molar-refractivity contribution >= 4 is 12.2 Å². The minimum absolute atomic E-state index is 0.334. The second kappa shape index (κ2) is 12.3. The van der Waals surface area contributed by atoms with Gasteiger partial charge in [-0.05, 0) is 83.6 Å². The van der Waals surface area contributed by atoms with Crippen molar-refractivity contribution in [3.8, 4) is 11.3 Å². The number of pyridine rings is 1. The first kappa shape index (κ1) is 30.1. The first-order valence-electron chi connectivity index (χ1n) is 14.1. The number of hydrogen-bond donors (Lipinski definition) is 2. The number of carbonyl (C=O) groups is 2. The summed E-state index contributed by atoms with van der Waals surface area (Å²) in [6, 6.07) is 21.2. The summed E-state index contributed by atoms with van der Waals surface area (Å²) in [4.78, 5) is 31.2. The molecule has 0 bridgehead atoms. The van der Waals surface area contributed by atoms with Gasteiger partial charge in [-0.1, -0.05) is 60.7 Å². The van der Waals surface area contributed by atoms with Crippen molar-refractivity contribution in [1.82, 2.24) is 15.2 Å². The first-order chi connectivity index (χ1) is 19.3. The zero-order valence-electron chi connectivity index (χ0n) is 24.8. The number of hydrogen-bond acceptors (Lipinski definition) is 5. The summed E-state index contributed by atoms with van der Waals surface area (Å²) in [7, 11) is 0. The Kier molecular flexibility index (Phi) is 9.02. The van der Waals surface area contributed by atoms with Crippen molar-refractivity contribution in [2.24, 2.45) is 0 Å². The SMILES string of the molecule is Cc1ccc(-c2ccc(C[C@H]3[C@H](C[C@@H](Cc4ccccc4)NC(=O)OC(C)(C)C)OC(C)(C)N3C(=O)O)cc2)nc1. The van der Waals surface area contributed by atoms with Crippen LogP contribution < -0.4 is 5.32 Å². The molecule has 1 saturated heterocycles. The Hall–Kier alpha value is -3.91. The maximum atomic E-state index is 12.8. The average molecular weight is 560 g/mol. The third kappa shape index (κ3) is 8.07. The van der Waals surface area contributed by atoms with Crippen molar-refractivity contribution in [1.29, 1.82) is 0 Å². The lowest BCUT2D eigenvalue weighted by molar-refractivity contribution is -0.0695. The van der Waals surface area contributed by atoms with Crippen molar-refractivity contribution in [3.05, 3.63) is 89.6 Å². The van der Waals surface area contributed by atoms with E-state index >= 15 is 0 Å². The summed E-state index contributed by atoms with van der Waals surface area (Å²) in [6.45, 7) is 11.0. The molecular weight excluding hydrogens is 518 g/mol. The predicted molar refractivity (Wildman–Crippen MR) is 159 cm³/mol. The Morgan fingerprint density at radius 3 is 2.32 bits per heavy atom. The lowest BCUT2D eigenvalue weighted by Gasteiger charge is -2.31. The van der Waals surface area contributed by atoms with Crippen molar-refractivity contribution in [2.75, 3.05) is 0 Å². The van der Waals surface area contributed by atoms with Crippen LogP contribution in [-0.4, -0.2) is 56.7 Å². The quantitative estimate of drug-likeness (QED) is 0.322. The van der Waals surface area contributed by atoms with Crippen LogP contribution in [0.15, 0.2) is 72.9 Å². The Labute approximate surface area is 242 Å². The molecule has 2 amide bonds. The molecule has 1 aromatic heterocycles. The van der Waals surface area contributed by atoms with Crippen molar-refractivity contribution < 1.29 is 24.2 Å². The van der Waals surface area contributed by atoms with Crippen LogP contribution in [0.25, 0.3) is 11.3 Å². The van der Waals surface area contributed by atoms with Crippen LogP contribution in [0.3, 0.4) is 0 Å². The summed E-state index contributed by atoms with van der Waals surface area (Å²) in [6.07, 6.45) is 1.27. The molecule has 3 atom stereocenters. The molecule has 0 aliphatic carbocycles. The summed E-state index contributed by atoms with van der Waals surface area (Å²) in [5.41, 5.74) is 3.34. The zero-order chi connectivity index (χ0) is 29.8. The van der Waals surface area contributed by atoms with E-state index < -0.39 is 35.7 Å². The summed E-state index contributed by atoms with van der Waals surface area (Å²) >= 11 is 0. The maximum absolute atomic E-state index is 12.8. The highest BCUT2D eigenvalue weighted by molar-refractivity contribution is 5.68. The Morgan fingerprint density at radius 2 is 1.73 bits per heavy atom. The Morgan fingerprint density at radius 1 is 1.05 bits per heavy atom. The van der Waals surface area contributed by atoms with Crippen LogP contribution in [-0.2, 0) is 22.3 Å². The van der Waals surface area contributed by atoms with E-state index in [0.29, 0.717) is 19.3 Å². The predicted octanol–water partition coefficient (Wildman–Crippen LogP) is 6.61. The van der Waals surface area contributed by atoms with Gasteiger partial charge < -0.3 is 19.9 Å². The van der Waals surface area contributed by atoms with Gasteiger partial charge in [-0.2, -0.15) is 0 Å². The lowest BCUT2D eigenvalue weighted by atomic mass is 9.93. The van der Waals surface area contributed by atoms with E-state index in [-0.39, 0.29) is 6.04 Å². The zero-order valence-corrected chi connectivity index (χ0v) is 24.8. The Bertz CT molecular complexity index is 1320. The maximum Gasteiger partial charge on any atom is 0.409 e. The number of alkyl carbamates (subject to hydrolysis) is 1. The van der Waals surface area contributed by atoms with E-state index in [4.69, 9.17) is 9.47 Å². The van der Waals surface area contributed by atoms with E-state index in [2.05, 4.69) is 10.3 Å². The van der Waals surface area contributed by atoms with Gasteiger partial charge in [0.15, 0.2) is 0 Å². The van der Waals surface area contributed by atoms with E-state index in [9.17, 15) is 14.7 Å². The number of benzene rings is 2. The largest absolute Gasteiger partial charge is 0.465 e. The van der Waals surface area contributed by atoms with Crippen molar-refractivity contribution in [2.45, 2.75) is 90.3 Å². The topological polar surface area (TPSA) is 101 Å². The van der Waals surface area contributed by atoms with Crippen LogP contribution in [0.2, 0.25) is 0 Å². The summed E-state index contributed by atoms with van der Waals surface area (Å²) in [5, 5.41) is 13.2. The van der Waals surface area contributed by atoms with Gasteiger partial charge in [-0.15, -0.1) is 0 Å². The number of ether oxygens (including phenoxy) is 2.